The lowest BCUT2D eigenvalue weighted by Gasteiger charge is -2.07. The molecular weight excluding hydrogens is 260 g/mol. The third kappa shape index (κ3) is 2.45. The number of rotatable bonds is 5. The Balaban J connectivity index is 1.63. The number of amides is 1. The van der Waals surface area contributed by atoms with Gasteiger partial charge in [-0.1, -0.05) is 0 Å². The molecule has 6 heteroatoms. The van der Waals surface area contributed by atoms with Crippen molar-refractivity contribution in [1.82, 2.24) is 9.88 Å². The lowest BCUT2D eigenvalue weighted by molar-refractivity contribution is 0.0660. The van der Waals surface area contributed by atoms with E-state index in [1.165, 1.54) is 6.07 Å². The van der Waals surface area contributed by atoms with E-state index in [0.29, 0.717) is 17.5 Å². The summed E-state index contributed by atoms with van der Waals surface area (Å²) >= 11 is 0. The third-order valence-electron chi connectivity index (χ3n) is 3.25. The topological polar surface area (TPSA) is 84.5 Å². The first-order chi connectivity index (χ1) is 9.65. The minimum absolute atomic E-state index is 0.129. The van der Waals surface area contributed by atoms with Crippen LogP contribution in [-0.2, 0) is 6.54 Å². The average molecular weight is 274 g/mol. The van der Waals surface area contributed by atoms with E-state index in [0.717, 1.165) is 12.8 Å². The number of furan rings is 1. The zero-order chi connectivity index (χ0) is 14.1. The second kappa shape index (κ2) is 4.88. The molecule has 2 aromatic rings. The largest absolute Gasteiger partial charge is 0.475 e. The minimum atomic E-state index is -1.12. The van der Waals surface area contributed by atoms with Crippen molar-refractivity contribution in [2.24, 2.45) is 0 Å². The van der Waals surface area contributed by atoms with Crippen LogP contribution in [0.25, 0.3) is 0 Å². The van der Waals surface area contributed by atoms with E-state index in [1.54, 1.807) is 12.1 Å². The Morgan fingerprint density at radius 1 is 1.35 bits per heavy atom. The molecule has 104 valence electrons. The molecular formula is C14H14N2O4. The molecule has 1 aliphatic carbocycles. The number of carbonyl (C=O) groups excluding carboxylic acids is 1. The van der Waals surface area contributed by atoms with Gasteiger partial charge in [-0.25, -0.2) is 4.79 Å². The Labute approximate surface area is 115 Å². The molecule has 1 saturated carbocycles. The van der Waals surface area contributed by atoms with E-state index >= 15 is 0 Å². The van der Waals surface area contributed by atoms with Crippen LogP contribution < -0.4 is 5.32 Å². The number of nitrogens with one attached hydrogen (secondary N) is 1. The molecule has 0 unspecified atom stereocenters. The molecule has 2 heterocycles. The van der Waals surface area contributed by atoms with Gasteiger partial charge in [-0.3, -0.25) is 4.79 Å². The number of carboxylic acids is 1. The van der Waals surface area contributed by atoms with Crippen molar-refractivity contribution in [1.29, 1.82) is 0 Å². The highest BCUT2D eigenvalue weighted by molar-refractivity contribution is 5.92. The van der Waals surface area contributed by atoms with Gasteiger partial charge in [0.15, 0.2) is 0 Å². The van der Waals surface area contributed by atoms with Crippen molar-refractivity contribution in [2.75, 3.05) is 0 Å². The molecule has 20 heavy (non-hydrogen) atoms. The van der Waals surface area contributed by atoms with Crippen molar-refractivity contribution in [3.63, 3.8) is 0 Å². The zero-order valence-electron chi connectivity index (χ0n) is 10.7. The van der Waals surface area contributed by atoms with E-state index in [2.05, 4.69) is 5.32 Å². The zero-order valence-corrected chi connectivity index (χ0v) is 10.7. The quantitative estimate of drug-likeness (QED) is 0.873. The fraction of sp³-hybridized carbons (Fsp3) is 0.286. The van der Waals surface area contributed by atoms with Crippen molar-refractivity contribution in [2.45, 2.75) is 25.4 Å². The van der Waals surface area contributed by atoms with Crippen LogP contribution in [0.3, 0.4) is 0 Å². The molecule has 0 radical (unpaired) electrons. The highest BCUT2D eigenvalue weighted by Gasteiger charge is 2.26. The van der Waals surface area contributed by atoms with Crippen LogP contribution in [0, 0.1) is 0 Å². The molecule has 1 fully saturated rings. The first-order valence-electron chi connectivity index (χ1n) is 6.42. The molecule has 2 aromatic heterocycles. The summed E-state index contributed by atoms with van der Waals surface area (Å²) in [5.41, 5.74) is 0.623. The summed E-state index contributed by atoms with van der Waals surface area (Å²) in [5.74, 6) is -1.02. The number of aromatic carboxylic acids is 1. The van der Waals surface area contributed by atoms with Gasteiger partial charge in [0.25, 0.3) is 5.91 Å². The monoisotopic (exact) mass is 274 g/mol. The second-order valence-electron chi connectivity index (χ2n) is 4.79. The van der Waals surface area contributed by atoms with Crippen molar-refractivity contribution in [3.05, 3.63) is 47.7 Å². The van der Waals surface area contributed by atoms with E-state index in [9.17, 15) is 9.59 Å². The van der Waals surface area contributed by atoms with Gasteiger partial charge in [0.2, 0.25) is 5.76 Å². The normalized spacial score (nSPS) is 14.2. The summed E-state index contributed by atoms with van der Waals surface area (Å²) < 4.78 is 7.05. The highest BCUT2D eigenvalue weighted by Crippen LogP contribution is 2.35. The maximum Gasteiger partial charge on any atom is 0.371 e. The average Bonchev–Trinajstić information content (AvgIpc) is 2.98. The first-order valence-corrected chi connectivity index (χ1v) is 6.42. The van der Waals surface area contributed by atoms with E-state index < -0.39 is 5.97 Å². The molecule has 0 aliphatic heterocycles. The van der Waals surface area contributed by atoms with E-state index in [-0.39, 0.29) is 18.2 Å². The number of carbonyl (C=O) groups is 2. The number of nitrogens with zero attached hydrogens (tertiary/aromatic N) is 1. The Bertz CT molecular complexity index is 652. The third-order valence-corrected chi connectivity index (χ3v) is 3.25. The Morgan fingerprint density at radius 2 is 2.15 bits per heavy atom. The first kappa shape index (κ1) is 12.5. The van der Waals surface area contributed by atoms with Gasteiger partial charge in [0.05, 0.1) is 6.54 Å². The van der Waals surface area contributed by atoms with E-state index in [4.69, 9.17) is 9.52 Å². The number of hydrogen-bond donors (Lipinski definition) is 2. The van der Waals surface area contributed by atoms with Crippen LogP contribution in [0.2, 0.25) is 0 Å². The smallest absolute Gasteiger partial charge is 0.371 e. The van der Waals surface area contributed by atoms with Crippen LogP contribution >= 0.6 is 0 Å². The summed E-state index contributed by atoms with van der Waals surface area (Å²) in [5, 5.41) is 11.5. The molecule has 3 rings (SSSR count). The number of hydrogen-bond acceptors (Lipinski definition) is 3. The fourth-order valence-corrected chi connectivity index (χ4v) is 2.10. The maximum absolute atomic E-state index is 12.1. The lowest BCUT2D eigenvalue weighted by atomic mass is 10.3. The molecule has 0 spiro atoms. The van der Waals surface area contributed by atoms with Gasteiger partial charge >= 0.3 is 5.97 Å². The summed E-state index contributed by atoms with van der Waals surface area (Å²) in [4.78, 5) is 22.8. The lowest BCUT2D eigenvalue weighted by Crippen LogP contribution is -2.25. The summed E-state index contributed by atoms with van der Waals surface area (Å²) in [6.45, 7) is 0.169. The van der Waals surface area contributed by atoms with Gasteiger partial charge in [-0.05, 0) is 37.1 Å². The molecule has 0 bridgehead atoms. The Kier molecular flexibility index (Phi) is 3.06. The standard InChI is InChI=1S/C14H14N2O4/c17-13(11-2-1-7-16(11)9-3-4-9)15-8-10-5-6-12(20-10)14(18)19/h1-2,5-7,9H,3-4,8H2,(H,15,17)(H,18,19). The molecule has 0 saturated heterocycles. The van der Waals surface area contributed by atoms with Gasteiger partial charge < -0.3 is 19.4 Å². The van der Waals surface area contributed by atoms with Crippen molar-refractivity contribution >= 4 is 11.9 Å². The predicted octanol–water partition coefficient (Wildman–Crippen LogP) is 2.04. The van der Waals surface area contributed by atoms with Gasteiger partial charge in [-0.2, -0.15) is 0 Å². The van der Waals surface area contributed by atoms with Crippen LogP contribution in [0.1, 0.15) is 45.7 Å². The molecule has 6 nitrogen and oxygen atoms in total. The molecule has 2 N–H and O–H groups in total. The van der Waals surface area contributed by atoms with Gasteiger partial charge in [-0.15, -0.1) is 0 Å². The summed E-state index contributed by atoms with van der Waals surface area (Å²) in [6.07, 6.45) is 4.12. The number of carboxylic acid groups (broad SMARTS) is 1. The highest BCUT2D eigenvalue weighted by atomic mass is 16.4. The second-order valence-corrected chi connectivity index (χ2v) is 4.79. The van der Waals surface area contributed by atoms with Crippen LogP contribution in [0.4, 0.5) is 0 Å². The van der Waals surface area contributed by atoms with Gasteiger partial charge in [0.1, 0.15) is 11.5 Å². The Morgan fingerprint density at radius 3 is 2.80 bits per heavy atom. The van der Waals surface area contributed by atoms with Crippen LogP contribution in [0.5, 0.6) is 0 Å². The predicted molar refractivity (Wildman–Crippen MR) is 69.5 cm³/mol. The van der Waals surface area contributed by atoms with Crippen LogP contribution in [-0.4, -0.2) is 21.6 Å². The molecule has 0 aromatic carbocycles. The Hall–Kier alpha value is -2.50. The summed E-state index contributed by atoms with van der Waals surface area (Å²) in [7, 11) is 0. The molecule has 1 aliphatic rings. The van der Waals surface area contributed by atoms with Crippen molar-refractivity contribution < 1.29 is 19.1 Å². The SMILES string of the molecule is O=C(O)c1ccc(CNC(=O)c2cccn2C2CC2)o1. The summed E-state index contributed by atoms with van der Waals surface area (Å²) in [6, 6.07) is 6.98. The number of aromatic nitrogens is 1. The molecule has 0 atom stereocenters. The van der Waals surface area contributed by atoms with E-state index in [1.807, 2.05) is 16.8 Å². The van der Waals surface area contributed by atoms with Gasteiger partial charge in [0, 0.05) is 12.2 Å². The van der Waals surface area contributed by atoms with Crippen LogP contribution in [0.15, 0.2) is 34.9 Å². The van der Waals surface area contributed by atoms with Crippen molar-refractivity contribution in [3.8, 4) is 0 Å². The maximum atomic E-state index is 12.1. The fourth-order valence-electron chi connectivity index (χ4n) is 2.10. The minimum Gasteiger partial charge on any atom is -0.475 e. The molecule has 1 amide bonds.